The van der Waals surface area contributed by atoms with Gasteiger partial charge < -0.3 is 9.64 Å². The lowest BCUT2D eigenvalue weighted by atomic mass is 10.3. The van der Waals surface area contributed by atoms with Crippen molar-refractivity contribution in [2.24, 2.45) is 0 Å². The van der Waals surface area contributed by atoms with Gasteiger partial charge >= 0.3 is 0 Å². The zero-order valence-corrected chi connectivity index (χ0v) is 11.1. The molecule has 1 saturated heterocycles. The van der Waals surface area contributed by atoms with Crippen LogP contribution in [0.4, 0.5) is 5.69 Å². The molecule has 0 aliphatic carbocycles. The van der Waals surface area contributed by atoms with Crippen LogP contribution in [-0.2, 0) is 11.3 Å². The zero-order chi connectivity index (χ0) is 12.8. The number of nitrogens with zero attached hydrogens (tertiary/aromatic N) is 3. The van der Waals surface area contributed by atoms with Gasteiger partial charge in [0, 0.05) is 24.9 Å². The fraction of sp³-hybridized carbons (Fsp3) is 0.500. The van der Waals surface area contributed by atoms with Gasteiger partial charge in [0.15, 0.2) is 0 Å². The van der Waals surface area contributed by atoms with Crippen molar-refractivity contribution in [3.8, 4) is 0 Å². The van der Waals surface area contributed by atoms with Crippen LogP contribution in [0.15, 0.2) is 29.2 Å². The molecule has 0 spiro atoms. The predicted octanol–water partition coefficient (Wildman–Crippen LogP) is 0.566. The molecular weight excluding hydrogens is 250 g/mol. The second kappa shape index (κ2) is 6.61. The Morgan fingerprint density at radius 3 is 2.83 bits per heavy atom. The van der Waals surface area contributed by atoms with Gasteiger partial charge in [-0.05, 0) is 0 Å². The van der Waals surface area contributed by atoms with E-state index in [9.17, 15) is 4.79 Å². The number of anilines is 1. The Morgan fingerprint density at radius 1 is 1.39 bits per heavy atom. The van der Waals surface area contributed by atoms with Crippen LogP contribution in [0.5, 0.6) is 0 Å². The van der Waals surface area contributed by atoms with Crippen LogP contribution in [-0.4, -0.2) is 41.8 Å². The second-order valence-electron chi connectivity index (χ2n) is 3.99. The van der Waals surface area contributed by atoms with Gasteiger partial charge in [-0.3, -0.25) is 4.79 Å². The molecule has 1 aromatic rings. The molecular formula is C12H17N3O2S. The van der Waals surface area contributed by atoms with Gasteiger partial charge in [-0.15, -0.1) is 0 Å². The summed E-state index contributed by atoms with van der Waals surface area (Å²) in [6.45, 7) is 3.51. The Balaban J connectivity index is 2.09. The van der Waals surface area contributed by atoms with Crippen LogP contribution in [0, 0.1) is 0 Å². The summed E-state index contributed by atoms with van der Waals surface area (Å²) in [5.41, 5.74) is 0.792. The van der Waals surface area contributed by atoms with Crippen molar-refractivity contribution < 1.29 is 4.74 Å². The first-order valence-corrected chi connectivity index (χ1v) is 6.60. The largest absolute Gasteiger partial charge is 0.378 e. The molecule has 0 amide bonds. The van der Waals surface area contributed by atoms with Crippen molar-refractivity contribution in [1.29, 1.82) is 0 Å². The third-order valence-corrected chi connectivity index (χ3v) is 2.99. The average molecular weight is 267 g/mol. The molecule has 1 aromatic heterocycles. The minimum Gasteiger partial charge on any atom is -0.378 e. The standard InChI is InChI=1S/C12H17N3O2S/c16-12-9-11(14-4-6-17-7-5-14)10-13-15(12)3-1-2-8-18/h1-2,9-10,18H,3-8H2/b2-1+. The molecule has 18 heavy (non-hydrogen) atoms. The predicted molar refractivity (Wildman–Crippen MR) is 74.5 cm³/mol. The first kappa shape index (κ1) is 13.2. The van der Waals surface area contributed by atoms with Crippen molar-refractivity contribution in [2.45, 2.75) is 6.54 Å². The normalized spacial score (nSPS) is 16.4. The number of morpholine rings is 1. The van der Waals surface area contributed by atoms with Crippen LogP contribution in [0.1, 0.15) is 0 Å². The molecule has 0 atom stereocenters. The van der Waals surface area contributed by atoms with Crippen molar-refractivity contribution in [2.75, 3.05) is 37.0 Å². The third-order valence-electron chi connectivity index (χ3n) is 2.78. The van der Waals surface area contributed by atoms with Crippen LogP contribution in [0.25, 0.3) is 0 Å². The Kier molecular flexibility index (Phi) is 4.83. The van der Waals surface area contributed by atoms with E-state index in [4.69, 9.17) is 4.74 Å². The Bertz CT molecular complexity index is 467. The summed E-state index contributed by atoms with van der Waals surface area (Å²) in [5, 5.41) is 4.17. The molecule has 1 fully saturated rings. The summed E-state index contributed by atoms with van der Waals surface area (Å²) in [5.74, 6) is 0.667. The van der Waals surface area contributed by atoms with E-state index < -0.39 is 0 Å². The van der Waals surface area contributed by atoms with E-state index in [0.29, 0.717) is 25.5 Å². The van der Waals surface area contributed by atoms with E-state index in [1.165, 1.54) is 4.68 Å². The Morgan fingerprint density at radius 2 is 2.17 bits per heavy atom. The first-order chi connectivity index (χ1) is 8.81. The molecule has 5 nitrogen and oxygen atoms in total. The molecule has 1 aliphatic rings. The van der Waals surface area contributed by atoms with Gasteiger partial charge in [0.25, 0.3) is 5.56 Å². The van der Waals surface area contributed by atoms with E-state index >= 15 is 0 Å². The van der Waals surface area contributed by atoms with Crippen LogP contribution in [0.3, 0.4) is 0 Å². The summed E-state index contributed by atoms with van der Waals surface area (Å²) < 4.78 is 6.71. The number of aromatic nitrogens is 2. The van der Waals surface area contributed by atoms with E-state index in [1.54, 1.807) is 12.3 Å². The minimum absolute atomic E-state index is 0.0807. The quantitative estimate of drug-likeness (QED) is 0.640. The lowest BCUT2D eigenvalue weighted by molar-refractivity contribution is 0.122. The molecule has 0 aromatic carbocycles. The highest BCUT2D eigenvalue weighted by Crippen LogP contribution is 2.11. The summed E-state index contributed by atoms with van der Waals surface area (Å²) >= 11 is 4.07. The van der Waals surface area contributed by atoms with Crippen LogP contribution < -0.4 is 10.5 Å². The van der Waals surface area contributed by atoms with Crippen molar-refractivity contribution >= 4 is 18.3 Å². The molecule has 98 valence electrons. The fourth-order valence-corrected chi connectivity index (χ4v) is 1.95. The molecule has 2 rings (SSSR count). The van der Waals surface area contributed by atoms with Gasteiger partial charge in [-0.1, -0.05) is 12.2 Å². The van der Waals surface area contributed by atoms with E-state index in [-0.39, 0.29) is 5.56 Å². The Labute approximate surface area is 111 Å². The lowest BCUT2D eigenvalue weighted by Gasteiger charge is -2.28. The first-order valence-electron chi connectivity index (χ1n) is 5.97. The van der Waals surface area contributed by atoms with Crippen molar-refractivity contribution in [3.63, 3.8) is 0 Å². The monoisotopic (exact) mass is 267 g/mol. The average Bonchev–Trinajstić information content (AvgIpc) is 2.42. The molecule has 0 saturated carbocycles. The SMILES string of the molecule is O=c1cc(N2CCOCC2)cnn1C/C=C/CS. The number of ether oxygens (including phenoxy) is 1. The highest BCUT2D eigenvalue weighted by Gasteiger charge is 2.12. The van der Waals surface area contributed by atoms with E-state index in [0.717, 1.165) is 18.8 Å². The highest BCUT2D eigenvalue weighted by molar-refractivity contribution is 7.80. The smallest absolute Gasteiger partial charge is 0.269 e. The van der Waals surface area contributed by atoms with Gasteiger partial charge in [-0.25, -0.2) is 4.68 Å². The summed E-state index contributed by atoms with van der Waals surface area (Å²) in [6.07, 6.45) is 5.52. The summed E-state index contributed by atoms with van der Waals surface area (Å²) in [6, 6.07) is 1.63. The molecule has 2 heterocycles. The maximum absolute atomic E-state index is 11.9. The van der Waals surface area contributed by atoms with Crippen molar-refractivity contribution in [1.82, 2.24) is 9.78 Å². The minimum atomic E-state index is -0.0807. The van der Waals surface area contributed by atoms with Gasteiger partial charge in [-0.2, -0.15) is 17.7 Å². The molecule has 1 aliphatic heterocycles. The summed E-state index contributed by atoms with van der Waals surface area (Å²) in [7, 11) is 0. The fourth-order valence-electron chi connectivity index (χ4n) is 1.80. The molecule has 0 radical (unpaired) electrons. The molecule has 0 N–H and O–H groups in total. The van der Waals surface area contributed by atoms with Crippen LogP contribution in [0.2, 0.25) is 0 Å². The topological polar surface area (TPSA) is 47.4 Å². The number of thiol groups is 1. The van der Waals surface area contributed by atoms with Crippen LogP contribution >= 0.6 is 12.6 Å². The molecule has 0 unspecified atom stereocenters. The van der Waals surface area contributed by atoms with E-state index in [2.05, 4.69) is 22.6 Å². The van der Waals surface area contributed by atoms with Gasteiger partial charge in [0.1, 0.15) is 0 Å². The number of hydrogen-bond donors (Lipinski definition) is 1. The lowest BCUT2D eigenvalue weighted by Crippen LogP contribution is -2.37. The third kappa shape index (κ3) is 3.36. The molecule has 6 heteroatoms. The maximum atomic E-state index is 11.9. The Hall–Kier alpha value is -1.27. The second-order valence-corrected chi connectivity index (χ2v) is 4.35. The molecule has 0 bridgehead atoms. The number of allylic oxidation sites excluding steroid dienone is 1. The van der Waals surface area contributed by atoms with Gasteiger partial charge in [0.2, 0.25) is 0 Å². The number of hydrogen-bond acceptors (Lipinski definition) is 5. The number of rotatable bonds is 4. The maximum Gasteiger partial charge on any atom is 0.269 e. The highest BCUT2D eigenvalue weighted by atomic mass is 32.1. The zero-order valence-electron chi connectivity index (χ0n) is 10.2. The van der Waals surface area contributed by atoms with Crippen molar-refractivity contribution in [3.05, 3.63) is 34.8 Å². The van der Waals surface area contributed by atoms with E-state index in [1.807, 2.05) is 12.2 Å². The van der Waals surface area contributed by atoms with Gasteiger partial charge in [0.05, 0.1) is 31.6 Å². The summed E-state index contributed by atoms with van der Waals surface area (Å²) in [4.78, 5) is 14.0.